The Balaban J connectivity index is -0.000000709. The van der Waals surface area contributed by atoms with Crippen LogP contribution in [-0.2, 0) is 21.8 Å². The minimum absolute atomic E-state index is 0. The van der Waals surface area contributed by atoms with Gasteiger partial charge in [-0.2, -0.15) is 0 Å². The van der Waals surface area contributed by atoms with Crippen molar-refractivity contribution in [2.75, 3.05) is 6.54 Å². The van der Waals surface area contributed by atoms with E-state index >= 15 is 0 Å². The van der Waals surface area contributed by atoms with Crippen LogP contribution in [0.5, 0.6) is 0 Å². The molecule has 0 rings (SSSR count). The molecule has 0 heterocycles. The Labute approximate surface area is 118 Å². The molecule has 2 nitrogen and oxygen atoms in total. The summed E-state index contributed by atoms with van der Waals surface area (Å²) in [6, 6.07) is 0. The third kappa shape index (κ3) is 18.5. The first kappa shape index (κ1) is 19.3. The van der Waals surface area contributed by atoms with E-state index in [2.05, 4.69) is 43.1 Å². The molecule has 0 bridgehead atoms. The van der Waals surface area contributed by atoms with Crippen LogP contribution in [0.15, 0.2) is 0 Å². The van der Waals surface area contributed by atoms with Crippen LogP contribution < -0.4 is 5.32 Å². The first-order chi connectivity index (χ1) is 8.02. The van der Waals surface area contributed by atoms with E-state index in [1.165, 1.54) is 23.5 Å². The number of hydrogen-bond donors (Lipinski definition) is 1. The molecule has 0 spiro atoms. The van der Waals surface area contributed by atoms with E-state index in [0.29, 0.717) is 12.3 Å². The second-order valence-electron chi connectivity index (χ2n) is 4.49. The van der Waals surface area contributed by atoms with Crippen molar-refractivity contribution in [3.05, 3.63) is 0 Å². The van der Waals surface area contributed by atoms with Gasteiger partial charge in [0.15, 0.2) is 0 Å². The Morgan fingerprint density at radius 2 is 1.82 bits per heavy atom. The molecule has 0 aromatic heterocycles. The number of unbranched alkanes of at least 4 members (excludes halogenated alkanes) is 2. The van der Waals surface area contributed by atoms with E-state index in [1.807, 2.05) is 13.8 Å². The van der Waals surface area contributed by atoms with Crippen LogP contribution in [0, 0.1) is 5.92 Å². The normalized spacial score (nSPS) is 9.47. The van der Waals surface area contributed by atoms with Crippen LogP contribution in [-0.4, -0.2) is 16.7 Å². The molecule has 103 valence electrons. The quantitative estimate of drug-likeness (QED) is 0.675. The SMILES string of the molecule is CC.C[C](=[V])CCCCCNC(=O)CC(C)C.[HH]. The number of rotatable bonds is 8. The van der Waals surface area contributed by atoms with Gasteiger partial charge >= 0.3 is 103 Å². The number of carbonyl (C=O) groups excluding carboxylic acids is 1. The molecule has 0 aromatic rings. The van der Waals surface area contributed by atoms with Crippen LogP contribution in [0.25, 0.3) is 0 Å². The minimum Gasteiger partial charge on any atom is 0 e. The molecule has 0 aliphatic carbocycles. The van der Waals surface area contributed by atoms with Gasteiger partial charge in [-0.1, -0.05) is 13.8 Å². The van der Waals surface area contributed by atoms with E-state index in [1.54, 1.807) is 0 Å². The molecule has 1 N–H and O–H groups in total. The summed E-state index contributed by atoms with van der Waals surface area (Å²) in [5.41, 5.74) is 0. The van der Waals surface area contributed by atoms with Crippen molar-refractivity contribution in [3.8, 4) is 0 Å². The van der Waals surface area contributed by atoms with Gasteiger partial charge in [-0.3, -0.25) is 0 Å². The molecule has 0 fully saturated rings. The van der Waals surface area contributed by atoms with Crippen molar-refractivity contribution >= 4 is 10.1 Å². The maximum Gasteiger partial charge on any atom is 0 e. The van der Waals surface area contributed by atoms with E-state index < -0.39 is 0 Å². The van der Waals surface area contributed by atoms with Gasteiger partial charge in [0.2, 0.25) is 0 Å². The smallest absolute Gasteiger partial charge is 0 e. The van der Waals surface area contributed by atoms with Gasteiger partial charge in [-0.25, -0.2) is 0 Å². The Kier molecular flexibility index (Phi) is 15.9. The molecule has 0 saturated heterocycles. The Morgan fingerprint density at radius 1 is 1.24 bits per heavy atom. The van der Waals surface area contributed by atoms with E-state index in [4.69, 9.17) is 0 Å². The van der Waals surface area contributed by atoms with Gasteiger partial charge < -0.3 is 0 Å². The molecular weight excluding hydrogens is 249 g/mol. The zero-order valence-corrected chi connectivity index (χ0v) is 13.6. The summed E-state index contributed by atoms with van der Waals surface area (Å²) in [6.45, 7) is 11.1. The average molecular weight is 280 g/mol. The second kappa shape index (κ2) is 14.0. The molecular formula is C14H31NOV. The molecule has 0 aromatic carbocycles. The summed E-state index contributed by atoms with van der Waals surface area (Å²) in [4.78, 5) is 11.3. The fourth-order valence-corrected chi connectivity index (χ4v) is 1.60. The van der Waals surface area contributed by atoms with E-state index in [-0.39, 0.29) is 7.33 Å². The van der Waals surface area contributed by atoms with Crippen molar-refractivity contribution in [1.29, 1.82) is 0 Å². The molecule has 0 atom stereocenters. The second-order valence-corrected chi connectivity index (χ2v) is 5.69. The van der Waals surface area contributed by atoms with Gasteiger partial charge in [-0.15, -0.1) is 0 Å². The van der Waals surface area contributed by atoms with Gasteiger partial charge in [0, 0.05) is 1.43 Å². The molecule has 17 heavy (non-hydrogen) atoms. The average Bonchev–Trinajstić information content (AvgIpc) is 2.24. The van der Waals surface area contributed by atoms with E-state index in [9.17, 15) is 4.79 Å². The van der Waals surface area contributed by atoms with E-state index in [0.717, 1.165) is 13.0 Å². The predicted octanol–water partition coefficient (Wildman–Crippen LogP) is 3.72. The van der Waals surface area contributed by atoms with Crippen LogP contribution in [0.2, 0.25) is 0 Å². The van der Waals surface area contributed by atoms with Gasteiger partial charge in [0.1, 0.15) is 0 Å². The van der Waals surface area contributed by atoms with Crippen molar-refractivity contribution in [2.24, 2.45) is 5.92 Å². The van der Waals surface area contributed by atoms with Crippen LogP contribution in [0.1, 0.15) is 68.1 Å². The van der Waals surface area contributed by atoms with Crippen molar-refractivity contribution in [1.82, 2.24) is 5.32 Å². The molecule has 0 aliphatic rings. The first-order valence-electron chi connectivity index (χ1n) is 6.80. The third-order valence-electron chi connectivity index (χ3n) is 2.13. The minimum atomic E-state index is 0. The number of carbonyl (C=O) groups is 1. The summed E-state index contributed by atoms with van der Waals surface area (Å²) >= 11 is 2.59. The summed E-state index contributed by atoms with van der Waals surface area (Å²) in [6.07, 6.45) is 5.39. The largest absolute Gasteiger partial charge is 0 e. The molecule has 1 amide bonds. The van der Waals surface area contributed by atoms with Crippen molar-refractivity contribution in [2.45, 2.75) is 66.7 Å². The monoisotopic (exact) mass is 280 g/mol. The van der Waals surface area contributed by atoms with Gasteiger partial charge in [0.25, 0.3) is 0 Å². The van der Waals surface area contributed by atoms with Crippen LogP contribution in [0.4, 0.5) is 0 Å². The summed E-state index contributed by atoms with van der Waals surface area (Å²) in [5.74, 6) is 0.653. The fourth-order valence-electron chi connectivity index (χ4n) is 1.35. The van der Waals surface area contributed by atoms with Crippen molar-refractivity contribution in [3.63, 3.8) is 0 Å². The summed E-state index contributed by atoms with van der Waals surface area (Å²) in [7, 11) is 0. The summed E-state index contributed by atoms with van der Waals surface area (Å²) < 4.78 is 1.44. The standard InChI is InChI=1S/C12H23NO.C2H6.V.H2/c1-4-5-6-7-8-9-13-12(14)10-11(2)3;1-2;;/h11H,5-10H2,1-3H3,(H,13,14);1-2H3;;1H. The van der Waals surface area contributed by atoms with Crippen LogP contribution >= 0.6 is 0 Å². The Bertz CT molecular complexity index is 208. The zero-order valence-electron chi connectivity index (χ0n) is 12.2. The van der Waals surface area contributed by atoms with Crippen molar-refractivity contribution < 1.29 is 23.2 Å². The molecule has 3 heteroatoms. The molecule has 0 aliphatic heterocycles. The molecule has 0 radical (unpaired) electrons. The van der Waals surface area contributed by atoms with Gasteiger partial charge in [-0.05, 0) is 0 Å². The van der Waals surface area contributed by atoms with Gasteiger partial charge in [0.05, 0.1) is 0 Å². The maximum atomic E-state index is 11.3. The Hall–Kier alpha value is -0.0756. The summed E-state index contributed by atoms with van der Waals surface area (Å²) in [5, 5.41) is 2.95. The zero-order chi connectivity index (χ0) is 13.7. The number of nitrogens with one attached hydrogen (secondary N) is 1. The fraction of sp³-hybridized carbons (Fsp3) is 0.857. The third-order valence-corrected chi connectivity index (χ3v) is 2.48. The molecule has 0 unspecified atom stereocenters. The number of amides is 1. The number of hydrogen-bond acceptors (Lipinski definition) is 1. The van der Waals surface area contributed by atoms with Crippen LogP contribution in [0.3, 0.4) is 0 Å². The Morgan fingerprint density at radius 3 is 2.29 bits per heavy atom. The molecule has 0 saturated carbocycles. The topological polar surface area (TPSA) is 29.1 Å². The first-order valence-corrected chi connectivity index (χ1v) is 7.50. The predicted molar refractivity (Wildman–Crippen MR) is 75.1 cm³/mol. The maximum absolute atomic E-state index is 11.3.